The molecule has 0 saturated carbocycles. The van der Waals surface area contributed by atoms with Crippen LogP contribution in [0.25, 0.3) is 0 Å². The summed E-state index contributed by atoms with van der Waals surface area (Å²) in [6.45, 7) is 4.04. The maximum atomic E-state index is 12.4. The van der Waals surface area contributed by atoms with Gasteiger partial charge in [-0.2, -0.15) is 0 Å². The molecule has 1 atom stereocenters. The topological polar surface area (TPSA) is 20.3 Å². The summed E-state index contributed by atoms with van der Waals surface area (Å²) < 4.78 is 0. The fourth-order valence-corrected chi connectivity index (χ4v) is 2.11. The number of carbonyl (C=O) groups is 1. The fraction of sp³-hybridized carbons (Fsp3) is 0.235. The van der Waals surface area contributed by atoms with Crippen LogP contribution in [0.1, 0.15) is 34.5 Å². The highest BCUT2D eigenvalue weighted by Gasteiger charge is 2.18. The molecule has 0 aliphatic rings. The second-order valence-corrected chi connectivity index (χ2v) is 4.87. The molecule has 0 radical (unpaired) electrons. The molecule has 2 heteroatoms. The monoisotopic (exact) mass is 253 g/mol. The van der Waals surface area contributed by atoms with Crippen LogP contribution in [0.3, 0.4) is 0 Å². The molecule has 1 unspecified atom stereocenters. The Morgan fingerprint density at radius 3 is 2.37 bits per heavy atom. The Balaban J connectivity index is 2.20. The van der Waals surface area contributed by atoms with Gasteiger partial charge in [-0.3, -0.25) is 4.79 Å². The van der Waals surface area contributed by atoms with Gasteiger partial charge in [0.15, 0.2) is 0 Å². The number of amides is 1. The first-order chi connectivity index (χ1) is 9.09. The van der Waals surface area contributed by atoms with Crippen LogP contribution in [0.2, 0.25) is 0 Å². The summed E-state index contributed by atoms with van der Waals surface area (Å²) in [5, 5.41) is 0. The molecule has 0 aliphatic carbocycles. The van der Waals surface area contributed by atoms with Crippen molar-refractivity contribution in [1.82, 2.24) is 4.90 Å². The Bertz CT molecular complexity index is 562. The SMILES string of the molecule is Cc1cccc(C(=O)N(C)C(C)c2ccccc2)c1. The highest BCUT2D eigenvalue weighted by molar-refractivity contribution is 5.94. The predicted octanol–water partition coefficient (Wildman–Crippen LogP) is 3.83. The highest BCUT2D eigenvalue weighted by Crippen LogP contribution is 2.20. The standard InChI is InChI=1S/C17H19NO/c1-13-8-7-11-16(12-13)17(19)18(3)14(2)15-9-5-4-6-10-15/h4-12,14H,1-3H3. The number of carbonyl (C=O) groups excluding carboxylic acids is 1. The van der Waals surface area contributed by atoms with E-state index in [2.05, 4.69) is 0 Å². The average molecular weight is 253 g/mol. The van der Waals surface area contributed by atoms with Crippen LogP contribution < -0.4 is 0 Å². The zero-order valence-corrected chi connectivity index (χ0v) is 11.6. The number of rotatable bonds is 3. The summed E-state index contributed by atoms with van der Waals surface area (Å²) >= 11 is 0. The van der Waals surface area contributed by atoms with E-state index in [1.807, 2.05) is 75.5 Å². The lowest BCUT2D eigenvalue weighted by Crippen LogP contribution is -2.29. The first-order valence-electron chi connectivity index (χ1n) is 6.48. The molecular weight excluding hydrogens is 234 g/mol. The van der Waals surface area contributed by atoms with E-state index in [0.717, 1.165) is 16.7 Å². The molecule has 2 aromatic carbocycles. The molecule has 98 valence electrons. The molecule has 1 amide bonds. The summed E-state index contributed by atoms with van der Waals surface area (Å²) in [6, 6.07) is 17.8. The Kier molecular flexibility index (Phi) is 4.00. The van der Waals surface area contributed by atoms with Crippen molar-refractivity contribution in [3.8, 4) is 0 Å². The van der Waals surface area contributed by atoms with Crippen LogP contribution in [0.15, 0.2) is 54.6 Å². The summed E-state index contributed by atoms with van der Waals surface area (Å²) in [5.74, 6) is 0.0556. The van der Waals surface area contributed by atoms with E-state index in [1.54, 1.807) is 4.90 Å². The zero-order valence-electron chi connectivity index (χ0n) is 11.6. The quantitative estimate of drug-likeness (QED) is 0.814. The predicted molar refractivity (Wildman–Crippen MR) is 78.1 cm³/mol. The first-order valence-corrected chi connectivity index (χ1v) is 6.48. The van der Waals surface area contributed by atoms with Crippen LogP contribution in [0, 0.1) is 6.92 Å². The molecule has 0 aliphatic heterocycles. The van der Waals surface area contributed by atoms with E-state index in [4.69, 9.17) is 0 Å². The van der Waals surface area contributed by atoms with E-state index in [9.17, 15) is 4.79 Å². The second-order valence-electron chi connectivity index (χ2n) is 4.87. The van der Waals surface area contributed by atoms with Crippen molar-refractivity contribution < 1.29 is 4.79 Å². The Morgan fingerprint density at radius 2 is 1.74 bits per heavy atom. The molecule has 0 bridgehead atoms. The average Bonchev–Trinajstić information content (AvgIpc) is 2.46. The van der Waals surface area contributed by atoms with Gasteiger partial charge in [0.1, 0.15) is 0 Å². The van der Waals surface area contributed by atoms with Gasteiger partial charge in [0.05, 0.1) is 6.04 Å². The number of nitrogens with zero attached hydrogens (tertiary/aromatic N) is 1. The van der Waals surface area contributed by atoms with E-state index in [-0.39, 0.29) is 11.9 Å². The molecule has 0 heterocycles. The van der Waals surface area contributed by atoms with Crippen molar-refractivity contribution in [2.24, 2.45) is 0 Å². The van der Waals surface area contributed by atoms with Gasteiger partial charge in [-0.25, -0.2) is 0 Å². The molecule has 19 heavy (non-hydrogen) atoms. The molecule has 0 aromatic heterocycles. The molecular formula is C17H19NO. The normalized spacial score (nSPS) is 11.9. The van der Waals surface area contributed by atoms with Crippen LogP contribution in [-0.4, -0.2) is 17.9 Å². The Hall–Kier alpha value is -2.09. The van der Waals surface area contributed by atoms with Crippen LogP contribution >= 0.6 is 0 Å². The van der Waals surface area contributed by atoms with Crippen molar-refractivity contribution in [1.29, 1.82) is 0 Å². The van der Waals surface area contributed by atoms with Gasteiger partial charge < -0.3 is 4.90 Å². The van der Waals surface area contributed by atoms with Gasteiger partial charge >= 0.3 is 0 Å². The third-order valence-corrected chi connectivity index (χ3v) is 3.45. The largest absolute Gasteiger partial charge is 0.335 e. The maximum Gasteiger partial charge on any atom is 0.254 e. The van der Waals surface area contributed by atoms with Crippen molar-refractivity contribution in [3.63, 3.8) is 0 Å². The minimum atomic E-state index is 0.0556. The van der Waals surface area contributed by atoms with E-state index >= 15 is 0 Å². The molecule has 2 aromatic rings. The summed E-state index contributed by atoms with van der Waals surface area (Å²) in [5.41, 5.74) is 2.99. The molecule has 0 saturated heterocycles. The lowest BCUT2D eigenvalue weighted by molar-refractivity contribution is 0.0742. The van der Waals surface area contributed by atoms with E-state index in [1.165, 1.54) is 0 Å². The molecule has 2 rings (SSSR count). The van der Waals surface area contributed by atoms with Crippen LogP contribution in [0.4, 0.5) is 0 Å². The first kappa shape index (κ1) is 13.3. The van der Waals surface area contributed by atoms with Crippen molar-refractivity contribution in [3.05, 3.63) is 71.3 Å². The fourth-order valence-electron chi connectivity index (χ4n) is 2.11. The van der Waals surface area contributed by atoms with Gasteiger partial charge in [-0.05, 0) is 31.5 Å². The number of benzene rings is 2. The second kappa shape index (κ2) is 5.70. The molecule has 2 nitrogen and oxygen atoms in total. The molecule has 0 fully saturated rings. The minimum Gasteiger partial charge on any atom is -0.335 e. The maximum absolute atomic E-state index is 12.4. The summed E-state index contributed by atoms with van der Waals surface area (Å²) in [7, 11) is 1.85. The third kappa shape index (κ3) is 3.02. The smallest absolute Gasteiger partial charge is 0.254 e. The molecule has 0 N–H and O–H groups in total. The van der Waals surface area contributed by atoms with Gasteiger partial charge in [0.25, 0.3) is 5.91 Å². The van der Waals surface area contributed by atoms with Crippen molar-refractivity contribution in [2.45, 2.75) is 19.9 Å². The lowest BCUT2D eigenvalue weighted by atomic mass is 10.1. The number of aryl methyl sites for hydroxylation is 1. The molecule has 0 spiro atoms. The van der Waals surface area contributed by atoms with Gasteiger partial charge in [0, 0.05) is 12.6 Å². The number of hydrogen-bond donors (Lipinski definition) is 0. The zero-order chi connectivity index (χ0) is 13.8. The Labute approximate surface area is 114 Å². The van der Waals surface area contributed by atoms with Crippen molar-refractivity contribution >= 4 is 5.91 Å². The lowest BCUT2D eigenvalue weighted by Gasteiger charge is -2.25. The number of hydrogen-bond acceptors (Lipinski definition) is 1. The summed E-state index contributed by atoms with van der Waals surface area (Å²) in [4.78, 5) is 14.2. The van der Waals surface area contributed by atoms with Crippen LogP contribution in [-0.2, 0) is 0 Å². The Morgan fingerprint density at radius 1 is 1.05 bits per heavy atom. The minimum absolute atomic E-state index is 0.0556. The van der Waals surface area contributed by atoms with Gasteiger partial charge in [0.2, 0.25) is 0 Å². The van der Waals surface area contributed by atoms with E-state index in [0.29, 0.717) is 0 Å². The van der Waals surface area contributed by atoms with Crippen LogP contribution in [0.5, 0.6) is 0 Å². The van der Waals surface area contributed by atoms with Gasteiger partial charge in [-0.15, -0.1) is 0 Å². The van der Waals surface area contributed by atoms with E-state index < -0.39 is 0 Å². The third-order valence-electron chi connectivity index (χ3n) is 3.45. The van der Waals surface area contributed by atoms with Gasteiger partial charge in [-0.1, -0.05) is 48.0 Å². The van der Waals surface area contributed by atoms with Crippen molar-refractivity contribution in [2.75, 3.05) is 7.05 Å². The highest BCUT2D eigenvalue weighted by atomic mass is 16.2. The summed E-state index contributed by atoms with van der Waals surface area (Å²) in [6.07, 6.45) is 0.